The minimum Gasteiger partial charge on any atom is -0.463 e. The van der Waals surface area contributed by atoms with Gasteiger partial charge in [0.2, 0.25) is 11.8 Å². The number of hydrogen-bond acceptors (Lipinski definition) is 4. The van der Waals surface area contributed by atoms with Crippen LogP contribution in [-0.4, -0.2) is 48.4 Å². The summed E-state index contributed by atoms with van der Waals surface area (Å²) >= 11 is 0. The van der Waals surface area contributed by atoms with E-state index in [0.717, 1.165) is 19.3 Å². The molecular formula is C25H46N2O4. The summed E-state index contributed by atoms with van der Waals surface area (Å²) in [5.74, 6) is -0.533. The first-order valence-corrected chi connectivity index (χ1v) is 11.6. The molecule has 0 radical (unpaired) electrons. The Kier molecular flexibility index (Phi) is 11.5. The zero-order chi connectivity index (χ0) is 24.6. The van der Waals surface area contributed by atoms with E-state index >= 15 is 0 Å². The molecule has 0 spiro atoms. The van der Waals surface area contributed by atoms with Gasteiger partial charge in [0.15, 0.2) is 0 Å². The van der Waals surface area contributed by atoms with Gasteiger partial charge in [-0.15, -0.1) is 0 Å². The number of likely N-dealkylation sites (N-methyl/N-ethyl adjacent to an activating group) is 1. The standard InChI is InChI=1S/C25H46N2O4/c1-12-25(13-2,14-3)23(30)26-20(24(8,9)10)21(28)27(11)19(17(5)6)16-18(7)22(29)31-15-4/h16-17,19-20H,12-15H2,1-11H3,(H,26,30)/b18-16+/t19-,20-/m1/s1. The minimum atomic E-state index is -0.674. The fraction of sp³-hybridized carbons (Fsp3) is 0.800. The maximum atomic E-state index is 13.6. The molecule has 2 atom stereocenters. The van der Waals surface area contributed by atoms with Crippen molar-refractivity contribution in [3.8, 4) is 0 Å². The number of carbonyl (C=O) groups is 3. The summed E-state index contributed by atoms with van der Waals surface area (Å²) in [5, 5.41) is 3.08. The summed E-state index contributed by atoms with van der Waals surface area (Å²) in [6.07, 6.45) is 3.96. The van der Waals surface area contributed by atoms with Crippen molar-refractivity contribution in [1.82, 2.24) is 10.2 Å². The lowest BCUT2D eigenvalue weighted by atomic mass is 9.77. The third-order valence-electron chi connectivity index (χ3n) is 6.40. The molecule has 0 saturated heterocycles. The number of esters is 1. The normalized spacial score (nSPS) is 14.8. The molecule has 0 aliphatic heterocycles. The summed E-state index contributed by atoms with van der Waals surface area (Å²) in [4.78, 5) is 40.6. The van der Waals surface area contributed by atoms with Gasteiger partial charge in [-0.2, -0.15) is 0 Å². The Labute approximate surface area is 190 Å². The molecule has 0 bridgehead atoms. The largest absolute Gasteiger partial charge is 0.463 e. The Morgan fingerprint density at radius 1 is 1.00 bits per heavy atom. The van der Waals surface area contributed by atoms with E-state index in [-0.39, 0.29) is 29.7 Å². The zero-order valence-electron chi connectivity index (χ0n) is 21.7. The molecule has 1 N–H and O–H groups in total. The third-order valence-corrected chi connectivity index (χ3v) is 6.40. The second-order valence-electron chi connectivity index (χ2n) is 9.87. The lowest BCUT2D eigenvalue weighted by Gasteiger charge is -2.39. The van der Waals surface area contributed by atoms with E-state index in [9.17, 15) is 14.4 Å². The average molecular weight is 439 g/mol. The van der Waals surface area contributed by atoms with E-state index in [4.69, 9.17) is 4.74 Å². The van der Waals surface area contributed by atoms with Crippen LogP contribution in [0.2, 0.25) is 0 Å². The topological polar surface area (TPSA) is 75.7 Å². The Balaban J connectivity index is 5.97. The van der Waals surface area contributed by atoms with Crippen molar-refractivity contribution < 1.29 is 19.1 Å². The molecule has 0 aliphatic rings. The zero-order valence-corrected chi connectivity index (χ0v) is 21.7. The van der Waals surface area contributed by atoms with Crippen LogP contribution < -0.4 is 5.32 Å². The third kappa shape index (κ3) is 7.65. The Morgan fingerprint density at radius 2 is 1.48 bits per heavy atom. The first-order chi connectivity index (χ1) is 14.2. The molecule has 6 nitrogen and oxygen atoms in total. The SMILES string of the molecule is CCOC(=O)/C(C)=C/[C@H](C(C)C)N(C)C(=O)[C@@H](NC(=O)C(CC)(CC)CC)C(C)(C)C. The maximum Gasteiger partial charge on any atom is 0.333 e. The molecule has 31 heavy (non-hydrogen) atoms. The molecule has 0 heterocycles. The molecule has 0 rings (SSSR count). The van der Waals surface area contributed by atoms with E-state index < -0.39 is 16.9 Å². The second kappa shape index (κ2) is 12.3. The van der Waals surface area contributed by atoms with Crippen LogP contribution in [0.3, 0.4) is 0 Å². The highest BCUT2D eigenvalue weighted by atomic mass is 16.5. The van der Waals surface area contributed by atoms with Crippen molar-refractivity contribution in [1.29, 1.82) is 0 Å². The van der Waals surface area contributed by atoms with Crippen molar-refractivity contribution in [2.45, 2.75) is 101 Å². The number of nitrogens with one attached hydrogen (secondary N) is 1. The fourth-order valence-electron chi connectivity index (χ4n) is 3.84. The van der Waals surface area contributed by atoms with Crippen molar-refractivity contribution in [2.75, 3.05) is 13.7 Å². The summed E-state index contributed by atoms with van der Waals surface area (Å²) in [5.41, 5.74) is -0.470. The molecule has 0 aromatic rings. The van der Waals surface area contributed by atoms with E-state index in [2.05, 4.69) is 5.32 Å². The predicted molar refractivity (Wildman–Crippen MR) is 126 cm³/mol. The van der Waals surface area contributed by atoms with Crippen molar-refractivity contribution in [2.24, 2.45) is 16.7 Å². The smallest absolute Gasteiger partial charge is 0.333 e. The Morgan fingerprint density at radius 3 is 1.84 bits per heavy atom. The first kappa shape index (κ1) is 29.1. The summed E-state index contributed by atoms with van der Waals surface area (Å²) < 4.78 is 5.09. The molecule has 0 saturated carbocycles. The molecule has 0 aromatic heterocycles. The van der Waals surface area contributed by atoms with Crippen LogP contribution in [0.15, 0.2) is 11.6 Å². The number of hydrogen-bond donors (Lipinski definition) is 1. The molecule has 0 aromatic carbocycles. The molecule has 0 fully saturated rings. The molecule has 2 amide bonds. The number of amides is 2. The van der Waals surface area contributed by atoms with Crippen molar-refractivity contribution >= 4 is 17.8 Å². The van der Waals surface area contributed by atoms with E-state index in [1.165, 1.54) is 0 Å². The van der Waals surface area contributed by atoms with Gasteiger partial charge in [0.05, 0.1) is 12.6 Å². The van der Waals surface area contributed by atoms with Crippen LogP contribution in [0.4, 0.5) is 0 Å². The fourth-order valence-corrected chi connectivity index (χ4v) is 3.84. The first-order valence-electron chi connectivity index (χ1n) is 11.6. The number of rotatable bonds is 11. The van der Waals surface area contributed by atoms with E-state index in [0.29, 0.717) is 12.2 Å². The van der Waals surface area contributed by atoms with Crippen molar-refractivity contribution in [3.05, 3.63) is 11.6 Å². The van der Waals surface area contributed by atoms with Gasteiger partial charge in [-0.1, -0.05) is 61.5 Å². The van der Waals surface area contributed by atoms with Gasteiger partial charge in [-0.25, -0.2) is 4.79 Å². The van der Waals surface area contributed by atoms with Gasteiger partial charge in [0.25, 0.3) is 0 Å². The second-order valence-corrected chi connectivity index (χ2v) is 9.87. The summed E-state index contributed by atoms with van der Waals surface area (Å²) in [7, 11) is 1.74. The lowest BCUT2D eigenvalue weighted by molar-refractivity contribution is -0.143. The van der Waals surface area contributed by atoms with Gasteiger partial charge in [0.1, 0.15) is 6.04 Å². The Hall–Kier alpha value is -1.85. The highest BCUT2D eigenvalue weighted by Gasteiger charge is 2.41. The highest BCUT2D eigenvalue weighted by Crippen LogP contribution is 2.32. The van der Waals surface area contributed by atoms with E-state index in [1.807, 2.05) is 55.4 Å². The van der Waals surface area contributed by atoms with Crippen molar-refractivity contribution in [3.63, 3.8) is 0 Å². The number of ether oxygens (including phenoxy) is 1. The molecular weight excluding hydrogens is 392 g/mol. The number of carbonyl (C=O) groups excluding carboxylic acids is 3. The van der Waals surface area contributed by atoms with E-state index in [1.54, 1.807) is 31.9 Å². The molecule has 6 heteroatoms. The highest BCUT2D eigenvalue weighted by molar-refractivity contribution is 5.91. The lowest BCUT2D eigenvalue weighted by Crippen LogP contribution is -2.58. The molecule has 180 valence electrons. The van der Waals surface area contributed by atoms with Crippen LogP contribution in [0.25, 0.3) is 0 Å². The Bertz CT molecular complexity index is 634. The van der Waals surface area contributed by atoms with Gasteiger partial charge < -0.3 is 15.0 Å². The van der Waals surface area contributed by atoms with Gasteiger partial charge in [-0.05, 0) is 44.4 Å². The summed E-state index contributed by atoms with van der Waals surface area (Å²) in [6, 6.07) is -0.974. The van der Waals surface area contributed by atoms with Gasteiger partial charge in [-0.3, -0.25) is 9.59 Å². The molecule has 0 aliphatic carbocycles. The predicted octanol–water partition coefficient (Wildman–Crippen LogP) is 4.73. The van der Waals surface area contributed by atoms with Crippen LogP contribution in [0, 0.1) is 16.7 Å². The van der Waals surface area contributed by atoms with Crippen LogP contribution in [0.1, 0.15) is 88.5 Å². The van der Waals surface area contributed by atoms with Crippen LogP contribution in [0.5, 0.6) is 0 Å². The minimum absolute atomic E-state index is 0.0685. The molecule has 0 unspecified atom stereocenters. The maximum absolute atomic E-state index is 13.6. The summed E-state index contributed by atoms with van der Waals surface area (Å²) in [6.45, 7) is 19.7. The van der Waals surface area contributed by atoms with Crippen LogP contribution >= 0.6 is 0 Å². The average Bonchev–Trinajstić information content (AvgIpc) is 2.69. The van der Waals surface area contributed by atoms with Gasteiger partial charge in [0, 0.05) is 18.0 Å². The van der Waals surface area contributed by atoms with Crippen LogP contribution in [-0.2, 0) is 19.1 Å². The monoisotopic (exact) mass is 438 g/mol. The van der Waals surface area contributed by atoms with Gasteiger partial charge >= 0.3 is 5.97 Å². The quantitative estimate of drug-likeness (QED) is 0.374. The number of nitrogens with zero attached hydrogens (tertiary/aromatic N) is 1.